The first-order chi connectivity index (χ1) is 11.1. The van der Waals surface area contributed by atoms with Crippen LogP contribution in [0.25, 0.3) is 10.9 Å². The van der Waals surface area contributed by atoms with Gasteiger partial charge in [-0.2, -0.15) is 0 Å². The van der Waals surface area contributed by atoms with Crippen LogP contribution in [0.1, 0.15) is 25.0 Å². The predicted octanol–water partition coefficient (Wildman–Crippen LogP) is 4.24. The van der Waals surface area contributed by atoms with Crippen LogP contribution in [0.2, 0.25) is 10.0 Å². The molecule has 3 rings (SSSR count). The Balaban J connectivity index is 1.84. The molecule has 1 saturated heterocycles. The van der Waals surface area contributed by atoms with E-state index in [0.717, 1.165) is 37.0 Å². The Labute approximate surface area is 145 Å². The molecule has 0 aliphatic carbocycles. The minimum atomic E-state index is -0.0356. The van der Waals surface area contributed by atoms with Gasteiger partial charge in [-0.3, -0.25) is 4.79 Å². The van der Waals surface area contributed by atoms with Crippen LogP contribution in [0.4, 0.5) is 0 Å². The lowest BCUT2D eigenvalue weighted by Crippen LogP contribution is -2.38. The number of carbonyl (C=O) groups is 1. The monoisotopic (exact) mass is 352 g/mol. The Bertz CT molecular complexity index is 743. The van der Waals surface area contributed by atoms with E-state index in [4.69, 9.17) is 27.9 Å². The highest BCUT2D eigenvalue weighted by Gasteiger charge is 2.19. The van der Waals surface area contributed by atoms with E-state index in [1.165, 1.54) is 6.42 Å². The molecule has 2 heterocycles. The zero-order valence-corrected chi connectivity index (χ0v) is 14.5. The number of carbonyl (C=O) groups excluding carboxylic acids is 1. The van der Waals surface area contributed by atoms with Gasteiger partial charge in [0.1, 0.15) is 5.52 Å². The summed E-state index contributed by atoms with van der Waals surface area (Å²) < 4.78 is 5.73. The summed E-state index contributed by atoms with van der Waals surface area (Å²) in [6.45, 7) is 3.45. The van der Waals surface area contributed by atoms with E-state index in [2.05, 4.69) is 4.98 Å². The summed E-state index contributed by atoms with van der Waals surface area (Å²) in [5.41, 5.74) is 1.43. The van der Waals surface area contributed by atoms with Crippen molar-refractivity contribution in [1.29, 1.82) is 0 Å². The number of nitrogens with zero attached hydrogens (tertiary/aromatic N) is 2. The summed E-state index contributed by atoms with van der Waals surface area (Å²) in [6.07, 6.45) is 3.29. The van der Waals surface area contributed by atoms with E-state index >= 15 is 0 Å². The first kappa shape index (κ1) is 16.3. The van der Waals surface area contributed by atoms with Crippen LogP contribution in [-0.2, 0) is 4.79 Å². The van der Waals surface area contributed by atoms with Gasteiger partial charge in [-0.05, 0) is 44.4 Å². The Hall–Kier alpha value is -1.52. The van der Waals surface area contributed by atoms with Crippen molar-refractivity contribution >= 4 is 40.0 Å². The first-order valence-corrected chi connectivity index (χ1v) is 8.48. The average molecular weight is 353 g/mol. The molecule has 0 N–H and O–H groups in total. The van der Waals surface area contributed by atoms with Gasteiger partial charge >= 0.3 is 0 Å². The van der Waals surface area contributed by atoms with Crippen molar-refractivity contribution in [2.24, 2.45) is 0 Å². The summed E-state index contributed by atoms with van der Waals surface area (Å²) in [5.74, 6) is 0.400. The Morgan fingerprint density at radius 2 is 1.96 bits per heavy atom. The van der Waals surface area contributed by atoms with Gasteiger partial charge in [0.25, 0.3) is 5.91 Å². The van der Waals surface area contributed by atoms with E-state index < -0.39 is 0 Å². The lowest BCUT2D eigenvalue weighted by molar-refractivity contribution is -0.134. The molecule has 0 radical (unpaired) electrons. The van der Waals surface area contributed by atoms with Gasteiger partial charge in [0, 0.05) is 24.2 Å². The number of benzene rings is 1. The van der Waals surface area contributed by atoms with Gasteiger partial charge in [0.05, 0.1) is 10.0 Å². The van der Waals surface area contributed by atoms with Crippen LogP contribution in [0.5, 0.6) is 5.75 Å². The molecule has 1 aliphatic rings. The number of piperidine rings is 1. The summed E-state index contributed by atoms with van der Waals surface area (Å²) in [6, 6.07) is 5.39. The molecule has 6 heteroatoms. The molecule has 23 heavy (non-hydrogen) atoms. The maximum atomic E-state index is 12.3. The minimum Gasteiger partial charge on any atom is -0.480 e. The molecule has 122 valence electrons. The first-order valence-electron chi connectivity index (χ1n) is 7.72. The zero-order chi connectivity index (χ0) is 16.4. The van der Waals surface area contributed by atoms with Crippen molar-refractivity contribution in [2.45, 2.75) is 26.2 Å². The molecular formula is C17H18Cl2N2O2. The fraction of sp³-hybridized carbons (Fsp3) is 0.412. The van der Waals surface area contributed by atoms with Crippen molar-refractivity contribution in [3.63, 3.8) is 0 Å². The maximum Gasteiger partial charge on any atom is 0.260 e. The highest BCUT2D eigenvalue weighted by molar-refractivity contribution is 6.39. The topological polar surface area (TPSA) is 42.4 Å². The Kier molecular flexibility index (Phi) is 4.93. The van der Waals surface area contributed by atoms with Crippen LogP contribution in [0.15, 0.2) is 18.2 Å². The molecule has 1 amide bonds. The van der Waals surface area contributed by atoms with E-state index in [0.29, 0.717) is 21.3 Å². The summed E-state index contributed by atoms with van der Waals surface area (Å²) in [4.78, 5) is 18.6. The van der Waals surface area contributed by atoms with Gasteiger partial charge in [-0.15, -0.1) is 0 Å². The molecule has 1 fully saturated rings. The molecular weight excluding hydrogens is 335 g/mol. The van der Waals surface area contributed by atoms with E-state index in [1.54, 1.807) is 6.07 Å². The SMILES string of the molecule is Cc1ccc2c(Cl)cc(Cl)c(OCC(=O)N3CCCCC3)c2n1. The highest BCUT2D eigenvalue weighted by atomic mass is 35.5. The number of pyridine rings is 1. The normalized spacial score (nSPS) is 15.0. The standard InChI is InChI=1S/C17H18Cl2N2O2/c1-11-5-6-12-13(18)9-14(19)17(16(12)20-11)23-10-15(22)21-7-3-2-4-8-21/h5-6,9H,2-4,7-8,10H2,1H3. The van der Waals surface area contributed by atoms with Crippen LogP contribution < -0.4 is 4.74 Å². The molecule has 2 aromatic rings. The van der Waals surface area contributed by atoms with E-state index in [-0.39, 0.29) is 12.5 Å². The third-order valence-corrected chi connectivity index (χ3v) is 4.62. The number of likely N-dealkylation sites (tertiary alicyclic amines) is 1. The maximum absolute atomic E-state index is 12.3. The van der Waals surface area contributed by atoms with Crippen molar-refractivity contribution in [3.8, 4) is 5.75 Å². The minimum absolute atomic E-state index is 0.0171. The van der Waals surface area contributed by atoms with Crippen LogP contribution in [0, 0.1) is 6.92 Å². The van der Waals surface area contributed by atoms with Crippen LogP contribution >= 0.6 is 23.2 Å². The molecule has 4 nitrogen and oxygen atoms in total. The predicted molar refractivity (Wildman–Crippen MR) is 92.4 cm³/mol. The van der Waals surface area contributed by atoms with Gasteiger partial charge in [0.15, 0.2) is 12.4 Å². The molecule has 0 spiro atoms. The quantitative estimate of drug-likeness (QED) is 0.829. The summed E-state index contributed by atoms with van der Waals surface area (Å²) in [7, 11) is 0. The number of rotatable bonds is 3. The summed E-state index contributed by atoms with van der Waals surface area (Å²) in [5, 5.41) is 1.65. The van der Waals surface area contributed by atoms with Crippen molar-refractivity contribution in [2.75, 3.05) is 19.7 Å². The fourth-order valence-electron chi connectivity index (χ4n) is 2.80. The third kappa shape index (κ3) is 3.54. The second-order valence-corrected chi connectivity index (χ2v) is 6.56. The second kappa shape index (κ2) is 6.93. The smallest absolute Gasteiger partial charge is 0.260 e. The van der Waals surface area contributed by atoms with E-state index in [1.807, 2.05) is 24.0 Å². The number of aryl methyl sites for hydroxylation is 1. The molecule has 0 unspecified atom stereocenters. The zero-order valence-electron chi connectivity index (χ0n) is 12.9. The van der Waals surface area contributed by atoms with Crippen molar-refractivity contribution in [1.82, 2.24) is 9.88 Å². The second-order valence-electron chi connectivity index (χ2n) is 5.75. The van der Waals surface area contributed by atoms with Crippen LogP contribution in [0.3, 0.4) is 0 Å². The molecule has 0 atom stereocenters. The van der Waals surface area contributed by atoms with Gasteiger partial charge in [-0.25, -0.2) is 4.98 Å². The number of amides is 1. The number of hydrogen-bond donors (Lipinski definition) is 0. The number of fused-ring (bicyclic) bond motifs is 1. The Morgan fingerprint density at radius 1 is 1.22 bits per heavy atom. The third-order valence-electron chi connectivity index (χ3n) is 4.03. The number of aromatic nitrogens is 1. The van der Waals surface area contributed by atoms with Gasteiger partial charge in [-0.1, -0.05) is 23.2 Å². The fourth-order valence-corrected chi connectivity index (χ4v) is 3.37. The molecule has 0 bridgehead atoms. The van der Waals surface area contributed by atoms with Gasteiger partial charge in [0.2, 0.25) is 0 Å². The molecule has 1 aromatic carbocycles. The molecule has 1 aliphatic heterocycles. The highest BCUT2D eigenvalue weighted by Crippen LogP contribution is 2.37. The van der Waals surface area contributed by atoms with Crippen molar-refractivity contribution in [3.05, 3.63) is 33.9 Å². The summed E-state index contributed by atoms with van der Waals surface area (Å²) >= 11 is 12.5. The lowest BCUT2D eigenvalue weighted by atomic mass is 10.1. The Morgan fingerprint density at radius 3 is 2.70 bits per heavy atom. The van der Waals surface area contributed by atoms with Crippen molar-refractivity contribution < 1.29 is 9.53 Å². The number of ether oxygens (including phenoxy) is 1. The largest absolute Gasteiger partial charge is 0.480 e. The van der Waals surface area contributed by atoms with E-state index in [9.17, 15) is 4.79 Å². The number of halogens is 2. The molecule has 0 saturated carbocycles. The lowest BCUT2D eigenvalue weighted by Gasteiger charge is -2.26. The van der Waals surface area contributed by atoms with Crippen LogP contribution in [-0.4, -0.2) is 35.5 Å². The molecule has 1 aromatic heterocycles. The van der Waals surface area contributed by atoms with Gasteiger partial charge < -0.3 is 9.64 Å². The average Bonchev–Trinajstić information content (AvgIpc) is 2.55. The number of hydrogen-bond acceptors (Lipinski definition) is 3.